The molecule has 0 aliphatic heterocycles. The van der Waals surface area contributed by atoms with E-state index in [9.17, 15) is 19.0 Å². The zero-order valence-electron chi connectivity index (χ0n) is 18.1. The van der Waals surface area contributed by atoms with E-state index in [1.54, 1.807) is 72.8 Å². The molecule has 0 spiro atoms. The number of phosphoric ester groups is 1. The number of fused-ring (bicyclic) bond motifs is 2. The average molecular weight is 490 g/mol. The second-order valence-electron chi connectivity index (χ2n) is 7.40. The number of benzene rings is 4. The predicted molar refractivity (Wildman–Crippen MR) is 132 cm³/mol. The van der Waals surface area contributed by atoms with E-state index >= 15 is 0 Å². The van der Waals surface area contributed by atoms with Gasteiger partial charge in [-0.05, 0) is 22.9 Å². The summed E-state index contributed by atoms with van der Waals surface area (Å²) in [5.74, 6) is -2.46. The van der Waals surface area contributed by atoms with Crippen molar-refractivity contribution < 1.29 is 38.3 Å². The normalized spacial score (nSPS) is 13.3. The first-order valence-electron chi connectivity index (χ1n) is 10.3. The molecule has 4 aromatic carbocycles. The molecule has 9 heteroatoms. The molecule has 176 valence electrons. The zero-order chi connectivity index (χ0) is 25.0. The van der Waals surface area contributed by atoms with Crippen molar-refractivity contribution in [1.82, 2.24) is 0 Å². The maximum absolute atomic E-state index is 13.3. The summed E-state index contributed by atoms with van der Waals surface area (Å²) >= 11 is 0. The Morgan fingerprint density at radius 1 is 0.657 bits per heavy atom. The van der Waals surface area contributed by atoms with Gasteiger partial charge in [0.2, 0.25) is 0 Å². The molecule has 0 aromatic heterocycles. The van der Waals surface area contributed by atoms with Gasteiger partial charge in [-0.25, -0.2) is 14.2 Å². The summed E-state index contributed by atoms with van der Waals surface area (Å²) in [5.41, 5.74) is 0.515. The third-order valence-corrected chi connectivity index (χ3v) is 5.87. The molecule has 0 aliphatic rings. The van der Waals surface area contributed by atoms with E-state index in [-0.39, 0.29) is 22.6 Å². The fraction of sp³-hybridized carbons (Fsp3) is 0. The minimum absolute atomic E-state index is 0.0331. The lowest BCUT2D eigenvalue weighted by Gasteiger charge is -2.19. The number of carbonyl (C=O) groups is 2. The lowest BCUT2D eigenvalue weighted by atomic mass is 10.1. The molecule has 4 aromatic rings. The smallest absolute Gasteiger partial charge is 0.478 e. The third kappa shape index (κ3) is 5.58. The quantitative estimate of drug-likeness (QED) is 0.210. The highest BCUT2D eigenvalue weighted by atomic mass is 31.2. The van der Waals surface area contributed by atoms with Crippen molar-refractivity contribution in [1.29, 1.82) is 0 Å². The molecule has 0 aliphatic carbocycles. The molecule has 0 heterocycles. The lowest BCUT2D eigenvalue weighted by Crippen LogP contribution is -2.03. The van der Waals surface area contributed by atoms with Gasteiger partial charge < -0.3 is 19.3 Å². The van der Waals surface area contributed by atoms with E-state index < -0.39 is 19.8 Å². The van der Waals surface area contributed by atoms with Crippen molar-refractivity contribution in [3.63, 3.8) is 0 Å². The maximum atomic E-state index is 13.3. The minimum atomic E-state index is -4.86. The number of aliphatic carboxylic acids is 2. The van der Waals surface area contributed by atoms with Gasteiger partial charge >= 0.3 is 19.8 Å². The van der Waals surface area contributed by atoms with E-state index in [4.69, 9.17) is 19.3 Å². The highest BCUT2D eigenvalue weighted by molar-refractivity contribution is 7.48. The second-order valence-corrected chi connectivity index (χ2v) is 8.71. The molecule has 0 saturated carbocycles. The van der Waals surface area contributed by atoms with Crippen LogP contribution in [0.3, 0.4) is 0 Å². The summed E-state index contributed by atoms with van der Waals surface area (Å²) < 4.78 is 24.3. The van der Waals surface area contributed by atoms with Crippen LogP contribution in [0.1, 0.15) is 11.1 Å². The highest BCUT2D eigenvalue weighted by Gasteiger charge is 2.29. The predicted octanol–water partition coefficient (Wildman–Crippen LogP) is 5.75. The Labute approximate surface area is 199 Å². The molecule has 4 rings (SSSR count). The van der Waals surface area contributed by atoms with E-state index in [0.29, 0.717) is 21.5 Å². The van der Waals surface area contributed by atoms with Crippen molar-refractivity contribution >= 4 is 53.5 Å². The number of carboxylic acid groups (broad SMARTS) is 2. The van der Waals surface area contributed by atoms with E-state index in [1.807, 2.05) is 0 Å². The third-order valence-electron chi connectivity index (χ3n) is 5.04. The van der Waals surface area contributed by atoms with Crippen molar-refractivity contribution in [2.75, 3.05) is 0 Å². The summed E-state index contributed by atoms with van der Waals surface area (Å²) in [6.07, 6.45) is 4.28. The Balaban J connectivity index is 1.81. The maximum Gasteiger partial charge on any atom is 0.584 e. The summed E-state index contributed by atoms with van der Waals surface area (Å²) in [6, 6.07) is 20.5. The van der Waals surface area contributed by atoms with Crippen LogP contribution in [0.4, 0.5) is 0 Å². The van der Waals surface area contributed by atoms with Gasteiger partial charge in [0.25, 0.3) is 0 Å². The Morgan fingerprint density at radius 2 is 1.06 bits per heavy atom. The molecule has 0 saturated heterocycles. The van der Waals surface area contributed by atoms with Crippen LogP contribution in [0.2, 0.25) is 0 Å². The van der Waals surface area contributed by atoms with Gasteiger partial charge in [-0.15, -0.1) is 0 Å². The number of rotatable bonds is 8. The molecule has 35 heavy (non-hydrogen) atoms. The Kier molecular flexibility index (Phi) is 6.68. The van der Waals surface area contributed by atoms with Crippen LogP contribution in [0.25, 0.3) is 33.7 Å². The van der Waals surface area contributed by atoms with Crippen molar-refractivity contribution in [2.24, 2.45) is 0 Å². The van der Waals surface area contributed by atoms with Crippen LogP contribution >= 0.6 is 7.82 Å². The fourth-order valence-corrected chi connectivity index (χ4v) is 4.46. The minimum Gasteiger partial charge on any atom is -0.478 e. The Bertz CT molecular complexity index is 1440. The molecule has 1 atom stereocenters. The van der Waals surface area contributed by atoms with Gasteiger partial charge in [0.1, 0.15) is 11.5 Å². The summed E-state index contributed by atoms with van der Waals surface area (Å²) in [6.45, 7) is 0. The monoisotopic (exact) mass is 490 g/mol. The van der Waals surface area contributed by atoms with Gasteiger partial charge in [0.15, 0.2) is 0 Å². The first-order chi connectivity index (χ1) is 16.7. The van der Waals surface area contributed by atoms with E-state index in [0.717, 1.165) is 12.2 Å². The van der Waals surface area contributed by atoms with Crippen molar-refractivity contribution in [3.8, 4) is 11.5 Å². The van der Waals surface area contributed by atoms with Crippen LogP contribution in [0.5, 0.6) is 11.5 Å². The molecule has 1 unspecified atom stereocenters. The van der Waals surface area contributed by atoms with Gasteiger partial charge in [-0.3, -0.25) is 4.89 Å². The number of hydrogen-bond acceptors (Lipinski definition) is 5. The summed E-state index contributed by atoms with van der Waals surface area (Å²) in [4.78, 5) is 32.9. The van der Waals surface area contributed by atoms with Crippen LogP contribution in [-0.2, 0) is 14.2 Å². The Morgan fingerprint density at radius 3 is 1.46 bits per heavy atom. The Hall–Kier alpha value is -4.39. The van der Waals surface area contributed by atoms with Crippen LogP contribution < -0.4 is 9.05 Å². The highest BCUT2D eigenvalue weighted by Crippen LogP contribution is 2.50. The summed E-state index contributed by atoms with van der Waals surface area (Å²) in [5, 5.41) is 20.4. The average Bonchev–Trinajstić information content (AvgIpc) is 2.82. The largest absolute Gasteiger partial charge is 0.584 e. The lowest BCUT2D eigenvalue weighted by molar-refractivity contribution is -0.132. The molecular weight excluding hydrogens is 471 g/mol. The van der Waals surface area contributed by atoms with Crippen LogP contribution in [0, 0.1) is 0 Å². The molecular formula is C26H19O8P. The molecule has 0 bridgehead atoms. The zero-order valence-corrected chi connectivity index (χ0v) is 19.0. The fourth-order valence-electron chi connectivity index (χ4n) is 3.56. The van der Waals surface area contributed by atoms with Crippen molar-refractivity contribution in [2.45, 2.75) is 0 Å². The number of carboxylic acids is 2. The SMILES string of the molecule is O=C(O)/C=C\c1ccc2ccccc2c1OP(=O)(O)Oc1c(/C=C/C(=O)O)ccc2ccccc12. The van der Waals surface area contributed by atoms with Gasteiger partial charge in [0, 0.05) is 34.1 Å². The van der Waals surface area contributed by atoms with E-state index in [1.165, 1.54) is 12.2 Å². The molecule has 0 radical (unpaired) electrons. The van der Waals surface area contributed by atoms with Crippen LogP contribution in [-0.4, -0.2) is 27.0 Å². The topological polar surface area (TPSA) is 130 Å². The summed E-state index contributed by atoms with van der Waals surface area (Å²) in [7, 11) is -4.86. The number of phosphoric acid groups is 1. The molecule has 3 N–H and O–H groups in total. The van der Waals surface area contributed by atoms with Gasteiger partial charge in [-0.2, -0.15) is 0 Å². The molecule has 0 amide bonds. The van der Waals surface area contributed by atoms with E-state index in [2.05, 4.69) is 0 Å². The van der Waals surface area contributed by atoms with Gasteiger partial charge in [-0.1, -0.05) is 72.8 Å². The van der Waals surface area contributed by atoms with Crippen LogP contribution in [0.15, 0.2) is 84.9 Å². The second kappa shape index (κ2) is 9.85. The first-order valence-corrected chi connectivity index (χ1v) is 11.8. The molecule has 0 fully saturated rings. The standard InChI is InChI=1S/C26H19O8P/c27-23(28)15-13-19-11-9-17-5-1-3-7-21(17)25(19)33-35(31,32)34-26-20(14-16-24(29)30)12-10-18-6-2-4-8-22(18)26/h1-16H,(H,27,28)(H,29,30)(H,31,32)/b15-13-,16-14+. The van der Waals surface area contributed by atoms with Gasteiger partial charge in [0.05, 0.1) is 0 Å². The molecule has 8 nitrogen and oxygen atoms in total. The first kappa shape index (κ1) is 23.8. The van der Waals surface area contributed by atoms with Crippen molar-refractivity contribution in [3.05, 3.63) is 96.1 Å². The number of hydrogen-bond donors (Lipinski definition) is 3.